The number of nitrogens with one attached hydrogen (secondary N) is 1. The predicted octanol–water partition coefficient (Wildman–Crippen LogP) is 3.07. The van der Waals surface area contributed by atoms with E-state index in [9.17, 15) is 4.79 Å². The van der Waals surface area contributed by atoms with Gasteiger partial charge in [-0.15, -0.1) is 23.7 Å². The van der Waals surface area contributed by atoms with Crippen molar-refractivity contribution in [3.8, 4) is 0 Å². The summed E-state index contributed by atoms with van der Waals surface area (Å²) in [5.41, 5.74) is 5.61. The van der Waals surface area contributed by atoms with E-state index >= 15 is 0 Å². The van der Waals surface area contributed by atoms with Gasteiger partial charge in [0.15, 0.2) is 0 Å². The van der Waals surface area contributed by atoms with E-state index in [0.717, 1.165) is 19.3 Å². The lowest BCUT2D eigenvalue weighted by molar-refractivity contribution is 0.0940. The highest BCUT2D eigenvalue weighted by molar-refractivity contribution is 7.17. The largest absolute Gasteiger partial charge is 0.347 e. The van der Waals surface area contributed by atoms with E-state index in [0.29, 0.717) is 15.8 Å². The zero-order valence-electron chi connectivity index (χ0n) is 9.74. The van der Waals surface area contributed by atoms with Crippen LogP contribution in [0.3, 0.4) is 0 Å². The molecule has 0 saturated carbocycles. The van der Waals surface area contributed by atoms with Crippen molar-refractivity contribution >= 4 is 41.3 Å². The van der Waals surface area contributed by atoms with Crippen molar-refractivity contribution in [2.24, 2.45) is 5.73 Å². The smallest absolute Gasteiger partial charge is 0.261 e. The van der Waals surface area contributed by atoms with Gasteiger partial charge in [-0.2, -0.15) is 0 Å². The third kappa shape index (κ3) is 5.73. The van der Waals surface area contributed by atoms with E-state index in [-0.39, 0.29) is 24.4 Å². The maximum Gasteiger partial charge on any atom is 0.261 e. The second-order valence-corrected chi connectivity index (χ2v) is 5.37. The molecule has 1 atom stereocenters. The fourth-order valence-corrected chi connectivity index (χ4v) is 2.34. The Labute approximate surface area is 117 Å². The van der Waals surface area contributed by atoms with Gasteiger partial charge >= 0.3 is 0 Å². The number of rotatable bonds is 6. The van der Waals surface area contributed by atoms with E-state index in [2.05, 4.69) is 12.2 Å². The number of nitrogens with two attached hydrogens (primary N) is 1. The van der Waals surface area contributed by atoms with Crippen LogP contribution in [0.5, 0.6) is 0 Å². The van der Waals surface area contributed by atoms with Crippen LogP contribution < -0.4 is 11.1 Å². The number of hydrogen-bond acceptors (Lipinski definition) is 3. The number of hydrogen-bond donors (Lipinski definition) is 2. The second kappa shape index (κ2) is 8.75. The molecule has 1 heterocycles. The molecule has 0 bridgehead atoms. The molecule has 3 nitrogen and oxygen atoms in total. The highest BCUT2D eigenvalue weighted by Crippen LogP contribution is 2.21. The number of carbonyl (C=O) groups excluding carboxylic acids is 1. The molecule has 0 fully saturated rings. The molecule has 1 rings (SSSR count). The lowest BCUT2D eigenvalue weighted by atomic mass is 10.1. The standard InChI is InChI=1S/C11H17ClN2OS.ClH/c1-2-3-4-8(7-13)14-11(15)9-5-6-10(12)16-9;/h5-6,8H,2-4,7,13H2,1H3,(H,14,15);1H. The van der Waals surface area contributed by atoms with Crippen LogP contribution in [0.1, 0.15) is 35.9 Å². The SMILES string of the molecule is CCCCC(CN)NC(=O)c1ccc(Cl)s1.Cl. The lowest BCUT2D eigenvalue weighted by Crippen LogP contribution is -2.39. The number of thiophene rings is 1. The van der Waals surface area contributed by atoms with Crippen molar-refractivity contribution in [2.45, 2.75) is 32.2 Å². The van der Waals surface area contributed by atoms with Crippen molar-refractivity contribution in [1.82, 2.24) is 5.32 Å². The Kier molecular flexibility index (Phi) is 8.60. The normalized spacial score (nSPS) is 11.7. The van der Waals surface area contributed by atoms with Crippen LogP contribution in [0, 0.1) is 0 Å². The summed E-state index contributed by atoms with van der Waals surface area (Å²) in [6.07, 6.45) is 3.11. The van der Waals surface area contributed by atoms with Gasteiger partial charge in [0, 0.05) is 12.6 Å². The summed E-state index contributed by atoms with van der Waals surface area (Å²) in [7, 11) is 0. The first-order valence-electron chi connectivity index (χ1n) is 5.43. The molecule has 1 amide bonds. The minimum atomic E-state index is -0.0801. The third-order valence-corrected chi connectivity index (χ3v) is 3.55. The van der Waals surface area contributed by atoms with Crippen LogP contribution in [-0.4, -0.2) is 18.5 Å². The van der Waals surface area contributed by atoms with E-state index in [1.54, 1.807) is 12.1 Å². The molecule has 0 radical (unpaired) electrons. The molecule has 3 N–H and O–H groups in total. The Morgan fingerprint density at radius 2 is 2.29 bits per heavy atom. The van der Waals surface area contributed by atoms with Gasteiger partial charge in [0.1, 0.15) is 0 Å². The second-order valence-electron chi connectivity index (χ2n) is 3.65. The molecule has 0 aromatic carbocycles. The van der Waals surface area contributed by atoms with Gasteiger partial charge in [-0.1, -0.05) is 31.4 Å². The maximum atomic E-state index is 11.8. The Hall–Kier alpha value is -0.290. The summed E-state index contributed by atoms with van der Waals surface area (Å²) < 4.78 is 0.628. The molecule has 0 aliphatic carbocycles. The molecule has 1 unspecified atom stereocenters. The maximum absolute atomic E-state index is 11.8. The van der Waals surface area contributed by atoms with Crippen LogP contribution in [0.25, 0.3) is 0 Å². The van der Waals surface area contributed by atoms with Gasteiger partial charge in [-0.3, -0.25) is 4.79 Å². The van der Waals surface area contributed by atoms with Crippen molar-refractivity contribution < 1.29 is 4.79 Å². The van der Waals surface area contributed by atoms with Crippen molar-refractivity contribution in [3.63, 3.8) is 0 Å². The fraction of sp³-hybridized carbons (Fsp3) is 0.545. The summed E-state index contributed by atoms with van der Waals surface area (Å²) in [5.74, 6) is -0.0801. The summed E-state index contributed by atoms with van der Waals surface area (Å²) in [4.78, 5) is 12.4. The average molecular weight is 297 g/mol. The first-order chi connectivity index (χ1) is 7.67. The first kappa shape index (κ1) is 16.7. The van der Waals surface area contributed by atoms with Gasteiger partial charge in [0.2, 0.25) is 0 Å². The van der Waals surface area contributed by atoms with Crippen LogP contribution in [0.2, 0.25) is 4.34 Å². The third-order valence-electron chi connectivity index (χ3n) is 2.32. The molecule has 1 aromatic rings. The zero-order chi connectivity index (χ0) is 12.0. The molecule has 17 heavy (non-hydrogen) atoms. The number of carbonyl (C=O) groups is 1. The topological polar surface area (TPSA) is 55.1 Å². The van der Waals surface area contributed by atoms with E-state index in [1.165, 1.54) is 11.3 Å². The van der Waals surface area contributed by atoms with Crippen molar-refractivity contribution in [1.29, 1.82) is 0 Å². The molecule has 0 saturated heterocycles. The molecule has 1 aromatic heterocycles. The molecule has 0 aliphatic rings. The first-order valence-corrected chi connectivity index (χ1v) is 6.63. The Morgan fingerprint density at radius 3 is 2.76 bits per heavy atom. The molecular formula is C11H18Cl2N2OS. The van der Waals surface area contributed by atoms with Crippen LogP contribution in [0.15, 0.2) is 12.1 Å². The summed E-state index contributed by atoms with van der Waals surface area (Å²) in [6, 6.07) is 3.52. The summed E-state index contributed by atoms with van der Waals surface area (Å²) >= 11 is 7.06. The van der Waals surface area contributed by atoms with Gasteiger partial charge < -0.3 is 11.1 Å². The van der Waals surface area contributed by atoms with E-state index in [4.69, 9.17) is 17.3 Å². The highest BCUT2D eigenvalue weighted by Gasteiger charge is 2.13. The van der Waals surface area contributed by atoms with Crippen LogP contribution in [0.4, 0.5) is 0 Å². The summed E-state index contributed by atoms with van der Waals surface area (Å²) in [6.45, 7) is 2.60. The minimum absolute atomic E-state index is 0. The Balaban J connectivity index is 0.00000256. The van der Waals surface area contributed by atoms with E-state index in [1.807, 2.05) is 0 Å². The average Bonchev–Trinajstić information content (AvgIpc) is 2.70. The van der Waals surface area contributed by atoms with Gasteiger partial charge in [0.05, 0.1) is 9.21 Å². The van der Waals surface area contributed by atoms with Crippen LogP contribution >= 0.6 is 35.3 Å². The Morgan fingerprint density at radius 1 is 1.59 bits per heavy atom. The number of halogens is 2. The van der Waals surface area contributed by atoms with Gasteiger partial charge in [-0.25, -0.2) is 0 Å². The predicted molar refractivity (Wildman–Crippen MR) is 76.4 cm³/mol. The van der Waals surface area contributed by atoms with Gasteiger partial charge in [-0.05, 0) is 18.6 Å². The van der Waals surface area contributed by atoms with Crippen molar-refractivity contribution in [2.75, 3.05) is 6.54 Å². The fourth-order valence-electron chi connectivity index (χ4n) is 1.39. The number of amides is 1. The molecule has 0 spiro atoms. The monoisotopic (exact) mass is 296 g/mol. The minimum Gasteiger partial charge on any atom is -0.347 e. The van der Waals surface area contributed by atoms with Crippen molar-refractivity contribution in [3.05, 3.63) is 21.3 Å². The molecule has 0 aliphatic heterocycles. The van der Waals surface area contributed by atoms with Gasteiger partial charge in [0.25, 0.3) is 5.91 Å². The zero-order valence-corrected chi connectivity index (χ0v) is 12.1. The summed E-state index contributed by atoms with van der Waals surface area (Å²) in [5, 5.41) is 2.92. The highest BCUT2D eigenvalue weighted by atomic mass is 35.5. The van der Waals surface area contributed by atoms with E-state index < -0.39 is 0 Å². The Bertz CT molecular complexity index is 344. The quantitative estimate of drug-likeness (QED) is 0.848. The molecular weight excluding hydrogens is 279 g/mol. The molecule has 98 valence electrons. The lowest BCUT2D eigenvalue weighted by Gasteiger charge is -2.15. The van der Waals surface area contributed by atoms with Crippen LogP contribution in [-0.2, 0) is 0 Å². The molecule has 6 heteroatoms. The number of unbranched alkanes of at least 4 members (excludes halogenated alkanes) is 1.